The van der Waals surface area contributed by atoms with E-state index in [0.717, 1.165) is 3.57 Å². The molecule has 0 saturated heterocycles. The van der Waals surface area contributed by atoms with Gasteiger partial charge >= 0.3 is 6.03 Å². The highest BCUT2D eigenvalue weighted by Gasteiger charge is 2.06. The van der Waals surface area contributed by atoms with E-state index in [1.807, 2.05) is 6.07 Å². The molecule has 0 radical (unpaired) electrons. The number of benzene rings is 2. The van der Waals surface area contributed by atoms with Crippen molar-refractivity contribution in [2.45, 2.75) is 0 Å². The molecule has 4 N–H and O–H groups in total. The summed E-state index contributed by atoms with van der Waals surface area (Å²) in [6.07, 6.45) is 0. The van der Waals surface area contributed by atoms with Gasteiger partial charge in [0.25, 0.3) is 0 Å². The van der Waals surface area contributed by atoms with E-state index < -0.39 is 0 Å². The van der Waals surface area contributed by atoms with E-state index in [2.05, 4.69) is 33.2 Å². The van der Waals surface area contributed by atoms with Gasteiger partial charge in [-0.3, -0.25) is 0 Å². The molecule has 6 heteroatoms. The highest BCUT2D eigenvalue weighted by atomic mass is 127. The van der Waals surface area contributed by atoms with Crippen LogP contribution in [0.25, 0.3) is 0 Å². The number of nitrogens with one attached hydrogen (secondary N) is 2. The SMILES string of the molecule is Nc1ccc(NC(=O)Nc2ccc(I)cc2Cl)cc1. The molecule has 2 rings (SSSR count). The number of rotatable bonds is 2. The lowest BCUT2D eigenvalue weighted by atomic mass is 10.3. The van der Waals surface area contributed by atoms with Crippen molar-refractivity contribution in [2.24, 2.45) is 0 Å². The Bertz CT molecular complexity index is 601. The van der Waals surface area contributed by atoms with Gasteiger partial charge in [-0.05, 0) is 65.1 Å². The number of urea groups is 1. The molecule has 0 aliphatic heterocycles. The Morgan fingerprint density at radius 2 is 1.79 bits per heavy atom. The third-order valence-electron chi connectivity index (χ3n) is 2.35. The summed E-state index contributed by atoms with van der Waals surface area (Å²) in [5.74, 6) is 0. The molecule has 0 aromatic heterocycles. The number of amides is 2. The molecule has 19 heavy (non-hydrogen) atoms. The second kappa shape index (κ2) is 6.12. The molecule has 4 nitrogen and oxygen atoms in total. The van der Waals surface area contributed by atoms with Gasteiger partial charge in [0.15, 0.2) is 0 Å². The van der Waals surface area contributed by atoms with E-state index in [0.29, 0.717) is 22.1 Å². The topological polar surface area (TPSA) is 67.1 Å². The predicted octanol–water partition coefficient (Wildman–Crippen LogP) is 4.17. The lowest BCUT2D eigenvalue weighted by Crippen LogP contribution is -2.19. The van der Waals surface area contributed by atoms with Crippen LogP contribution in [0.5, 0.6) is 0 Å². The number of nitrogen functional groups attached to an aromatic ring is 1. The lowest BCUT2D eigenvalue weighted by molar-refractivity contribution is 0.262. The first kappa shape index (κ1) is 14.0. The minimum atomic E-state index is -0.354. The summed E-state index contributed by atoms with van der Waals surface area (Å²) in [6.45, 7) is 0. The van der Waals surface area contributed by atoms with Crippen molar-refractivity contribution in [3.8, 4) is 0 Å². The van der Waals surface area contributed by atoms with E-state index in [9.17, 15) is 4.79 Å². The molecule has 0 bridgehead atoms. The van der Waals surface area contributed by atoms with Gasteiger partial charge in [-0.25, -0.2) is 4.79 Å². The Morgan fingerprint density at radius 1 is 1.11 bits per heavy atom. The molecule has 2 aromatic rings. The zero-order valence-corrected chi connectivity index (χ0v) is 12.7. The summed E-state index contributed by atoms with van der Waals surface area (Å²) in [5, 5.41) is 5.88. The highest BCUT2D eigenvalue weighted by molar-refractivity contribution is 14.1. The molecule has 0 unspecified atom stereocenters. The largest absolute Gasteiger partial charge is 0.399 e. The number of anilines is 3. The summed E-state index contributed by atoms with van der Waals surface area (Å²) in [7, 11) is 0. The number of hydrogen-bond donors (Lipinski definition) is 3. The quantitative estimate of drug-likeness (QED) is 0.535. The molecule has 98 valence electrons. The predicted molar refractivity (Wildman–Crippen MR) is 87.7 cm³/mol. The van der Waals surface area contributed by atoms with Crippen LogP contribution in [-0.2, 0) is 0 Å². The highest BCUT2D eigenvalue weighted by Crippen LogP contribution is 2.24. The molecule has 2 amide bonds. The van der Waals surface area contributed by atoms with Gasteiger partial charge in [0.2, 0.25) is 0 Å². The summed E-state index contributed by atoms with van der Waals surface area (Å²) >= 11 is 8.19. The summed E-state index contributed by atoms with van der Waals surface area (Å²) in [6, 6.07) is 11.9. The van der Waals surface area contributed by atoms with Crippen LogP contribution in [0.1, 0.15) is 0 Å². The van der Waals surface area contributed by atoms with E-state index in [4.69, 9.17) is 17.3 Å². The molecular weight excluding hydrogens is 377 g/mol. The van der Waals surface area contributed by atoms with E-state index >= 15 is 0 Å². The Balaban J connectivity index is 2.03. The van der Waals surface area contributed by atoms with Gasteiger partial charge in [0.05, 0.1) is 10.7 Å². The Labute approximate surface area is 129 Å². The first-order valence-corrected chi connectivity index (χ1v) is 6.89. The van der Waals surface area contributed by atoms with Gasteiger partial charge in [-0.2, -0.15) is 0 Å². The first-order valence-electron chi connectivity index (χ1n) is 5.43. The summed E-state index contributed by atoms with van der Waals surface area (Å²) in [5.41, 5.74) is 7.44. The number of hydrogen-bond acceptors (Lipinski definition) is 2. The van der Waals surface area contributed by atoms with Crippen LogP contribution in [0.4, 0.5) is 21.9 Å². The van der Waals surface area contributed by atoms with Gasteiger partial charge < -0.3 is 16.4 Å². The molecule has 0 aliphatic carbocycles. The normalized spacial score (nSPS) is 10.0. The maximum absolute atomic E-state index is 11.8. The van der Waals surface area contributed by atoms with Gasteiger partial charge in [-0.15, -0.1) is 0 Å². The summed E-state index contributed by atoms with van der Waals surface area (Å²) in [4.78, 5) is 11.8. The van der Waals surface area contributed by atoms with Crippen molar-refractivity contribution in [1.82, 2.24) is 0 Å². The molecular formula is C13H11ClIN3O. The fourth-order valence-electron chi connectivity index (χ4n) is 1.44. The second-order valence-corrected chi connectivity index (χ2v) is 5.48. The number of carbonyl (C=O) groups excluding carboxylic acids is 1. The third-order valence-corrected chi connectivity index (χ3v) is 3.33. The van der Waals surface area contributed by atoms with Crippen LogP contribution in [0, 0.1) is 3.57 Å². The fourth-order valence-corrected chi connectivity index (χ4v) is 2.35. The minimum Gasteiger partial charge on any atom is -0.399 e. The van der Waals surface area contributed by atoms with E-state index in [1.54, 1.807) is 36.4 Å². The molecule has 0 aliphatic rings. The number of carbonyl (C=O) groups is 1. The van der Waals surface area contributed by atoms with Gasteiger partial charge in [0, 0.05) is 14.9 Å². The molecule has 2 aromatic carbocycles. The van der Waals surface area contributed by atoms with Gasteiger partial charge in [-0.1, -0.05) is 11.6 Å². The smallest absolute Gasteiger partial charge is 0.323 e. The second-order valence-electron chi connectivity index (χ2n) is 3.83. The lowest BCUT2D eigenvalue weighted by Gasteiger charge is -2.09. The van der Waals surface area contributed by atoms with Crippen molar-refractivity contribution < 1.29 is 4.79 Å². The molecule has 0 atom stereocenters. The van der Waals surface area contributed by atoms with Crippen LogP contribution in [-0.4, -0.2) is 6.03 Å². The first-order chi connectivity index (χ1) is 9.04. The third kappa shape index (κ3) is 4.00. The average Bonchev–Trinajstić information content (AvgIpc) is 2.36. The fraction of sp³-hybridized carbons (Fsp3) is 0. The van der Waals surface area contributed by atoms with Crippen LogP contribution >= 0.6 is 34.2 Å². The van der Waals surface area contributed by atoms with E-state index in [-0.39, 0.29) is 6.03 Å². The molecule has 0 saturated carbocycles. The van der Waals surface area contributed by atoms with Crippen LogP contribution in [0.3, 0.4) is 0 Å². The molecule has 0 spiro atoms. The Morgan fingerprint density at radius 3 is 2.42 bits per heavy atom. The summed E-state index contributed by atoms with van der Waals surface area (Å²) < 4.78 is 1.01. The number of nitrogens with two attached hydrogens (primary N) is 1. The Kier molecular flexibility index (Phi) is 4.49. The maximum atomic E-state index is 11.8. The van der Waals surface area contributed by atoms with Crippen LogP contribution in [0.15, 0.2) is 42.5 Å². The monoisotopic (exact) mass is 387 g/mol. The van der Waals surface area contributed by atoms with Crippen molar-refractivity contribution in [3.63, 3.8) is 0 Å². The molecule has 0 fully saturated rings. The van der Waals surface area contributed by atoms with Crippen molar-refractivity contribution in [3.05, 3.63) is 51.1 Å². The Hall–Kier alpha value is -1.47. The number of halogens is 2. The zero-order valence-electron chi connectivity index (χ0n) is 9.78. The standard InChI is InChI=1S/C13H11ClIN3O/c14-11-7-8(15)1-6-12(11)18-13(19)17-10-4-2-9(16)3-5-10/h1-7H,16H2,(H2,17,18,19). The maximum Gasteiger partial charge on any atom is 0.323 e. The van der Waals surface area contributed by atoms with Crippen molar-refractivity contribution in [1.29, 1.82) is 0 Å². The van der Waals surface area contributed by atoms with Gasteiger partial charge in [0.1, 0.15) is 0 Å². The van der Waals surface area contributed by atoms with Crippen molar-refractivity contribution >= 4 is 57.3 Å². The minimum absolute atomic E-state index is 0.354. The average molecular weight is 388 g/mol. The van der Waals surface area contributed by atoms with E-state index in [1.165, 1.54) is 0 Å². The zero-order chi connectivity index (χ0) is 13.8. The molecule has 0 heterocycles. The van der Waals surface area contributed by atoms with Crippen LogP contribution < -0.4 is 16.4 Å². The van der Waals surface area contributed by atoms with Crippen LogP contribution in [0.2, 0.25) is 5.02 Å². The van der Waals surface area contributed by atoms with Crippen molar-refractivity contribution in [2.75, 3.05) is 16.4 Å².